The average Bonchev–Trinajstić information content (AvgIpc) is 2.70. The van der Waals surface area contributed by atoms with Crippen LogP contribution in [0.15, 0.2) is 42.5 Å². The third-order valence-electron chi connectivity index (χ3n) is 5.29. The van der Waals surface area contributed by atoms with Crippen LogP contribution >= 0.6 is 0 Å². The SMILES string of the molecule is Cc1ccc(C)c(O[C@@H](C)C(=O)NCc2ccc(N3CCN(C)CC3)cc2)c1. The molecule has 1 atom stereocenters. The molecule has 0 radical (unpaired) electrons. The van der Waals surface area contributed by atoms with Crippen molar-refractivity contribution < 1.29 is 9.53 Å². The number of carbonyl (C=O) groups is 1. The molecule has 2 aromatic rings. The summed E-state index contributed by atoms with van der Waals surface area (Å²) in [5, 5.41) is 2.97. The highest BCUT2D eigenvalue weighted by molar-refractivity contribution is 5.80. The fraction of sp³-hybridized carbons (Fsp3) is 0.435. The Morgan fingerprint density at radius 2 is 1.75 bits per heavy atom. The molecule has 0 aromatic heterocycles. The highest BCUT2D eigenvalue weighted by atomic mass is 16.5. The molecule has 5 nitrogen and oxygen atoms in total. The van der Waals surface area contributed by atoms with Gasteiger partial charge >= 0.3 is 0 Å². The van der Waals surface area contributed by atoms with Gasteiger partial charge in [0.2, 0.25) is 0 Å². The minimum absolute atomic E-state index is 0.107. The number of amides is 1. The molecular formula is C23H31N3O2. The van der Waals surface area contributed by atoms with Crippen molar-refractivity contribution in [1.29, 1.82) is 0 Å². The first-order valence-electron chi connectivity index (χ1n) is 9.96. The van der Waals surface area contributed by atoms with Crippen molar-refractivity contribution in [2.45, 2.75) is 33.4 Å². The number of hydrogen-bond acceptors (Lipinski definition) is 4. The number of piperazine rings is 1. The first-order chi connectivity index (χ1) is 13.4. The second kappa shape index (κ2) is 9.11. The van der Waals surface area contributed by atoms with Crippen molar-refractivity contribution in [2.24, 2.45) is 0 Å². The van der Waals surface area contributed by atoms with E-state index in [9.17, 15) is 4.79 Å². The fourth-order valence-corrected chi connectivity index (χ4v) is 3.30. The van der Waals surface area contributed by atoms with E-state index in [-0.39, 0.29) is 5.91 Å². The van der Waals surface area contributed by atoms with Gasteiger partial charge in [0.05, 0.1) is 0 Å². The van der Waals surface area contributed by atoms with Gasteiger partial charge in [-0.15, -0.1) is 0 Å². The molecule has 1 amide bonds. The first-order valence-corrected chi connectivity index (χ1v) is 9.96. The van der Waals surface area contributed by atoms with Gasteiger partial charge in [-0.3, -0.25) is 4.79 Å². The largest absolute Gasteiger partial charge is 0.481 e. The number of rotatable bonds is 6. The number of nitrogens with one attached hydrogen (secondary N) is 1. The summed E-state index contributed by atoms with van der Waals surface area (Å²) in [5.74, 6) is 0.656. The summed E-state index contributed by atoms with van der Waals surface area (Å²) in [5.41, 5.74) is 4.48. The summed E-state index contributed by atoms with van der Waals surface area (Å²) < 4.78 is 5.86. The van der Waals surface area contributed by atoms with Gasteiger partial charge in [-0.2, -0.15) is 0 Å². The van der Waals surface area contributed by atoms with E-state index in [1.54, 1.807) is 6.92 Å². The van der Waals surface area contributed by atoms with Gasteiger partial charge < -0.3 is 19.9 Å². The molecule has 150 valence electrons. The molecule has 5 heteroatoms. The summed E-state index contributed by atoms with van der Waals surface area (Å²) in [4.78, 5) is 17.2. The third-order valence-corrected chi connectivity index (χ3v) is 5.29. The third kappa shape index (κ3) is 5.26. The lowest BCUT2D eigenvalue weighted by Gasteiger charge is -2.34. The van der Waals surface area contributed by atoms with Crippen molar-refractivity contribution in [3.8, 4) is 5.75 Å². The van der Waals surface area contributed by atoms with Crippen LogP contribution < -0.4 is 15.0 Å². The molecule has 0 saturated carbocycles. The summed E-state index contributed by atoms with van der Waals surface area (Å²) in [7, 11) is 2.16. The van der Waals surface area contributed by atoms with E-state index in [0.717, 1.165) is 48.6 Å². The van der Waals surface area contributed by atoms with E-state index in [2.05, 4.69) is 46.4 Å². The Morgan fingerprint density at radius 1 is 1.07 bits per heavy atom. The van der Waals surface area contributed by atoms with E-state index in [1.165, 1.54) is 5.69 Å². The highest BCUT2D eigenvalue weighted by Crippen LogP contribution is 2.21. The molecule has 3 rings (SSSR count). The van der Waals surface area contributed by atoms with Crippen molar-refractivity contribution in [3.63, 3.8) is 0 Å². The van der Waals surface area contributed by atoms with Gasteiger partial charge in [-0.05, 0) is 62.7 Å². The van der Waals surface area contributed by atoms with Crippen molar-refractivity contribution >= 4 is 11.6 Å². The number of hydrogen-bond donors (Lipinski definition) is 1. The summed E-state index contributed by atoms with van der Waals surface area (Å²) >= 11 is 0. The van der Waals surface area contributed by atoms with Crippen LogP contribution in [-0.2, 0) is 11.3 Å². The molecule has 1 aliphatic rings. The van der Waals surface area contributed by atoms with E-state index >= 15 is 0 Å². The maximum atomic E-state index is 12.4. The maximum Gasteiger partial charge on any atom is 0.261 e. The zero-order chi connectivity index (χ0) is 20.1. The first kappa shape index (κ1) is 20.2. The van der Waals surface area contributed by atoms with Crippen LogP contribution in [0.25, 0.3) is 0 Å². The fourth-order valence-electron chi connectivity index (χ4n) is 3.30. The Balaban J connectivity index is 1.50. The molecule has 1 N–H and O–H groups in total. The molecule has 0 unspecified atom stereocenters. The second-order valence-corrected chi connectivity index (χ2v) is 7.70. The minimum Gasteiger partial charge on any atom is -0.481 e. The molecular weight excluding hydrogens is 350 g/mol. The molecule has 0 spiro atoms. The molecule has 1 heterocycles. The predicted octanol–water partition coefficient (Wildman–Crippen LogP) is 3.14. The standard InChI is InChI=1S/C23H31N3O2/c1-17-5-6-18(2)22(15-17)28-19(3)23(27)24-16-20-7-9-21(10-8-20)26-13-11-25(4)12-14-26/h5-10,15,19H,11-14,16H2,1-4H3,(H,24,27)/t19-/m0/s1. The lowest BCUT2D eigenvalue weighted by Crippen LogP contribution is -2.44. The smallest absolute Gasteiger partial charge is 0.261 e. The van der Waals surface area contributed by atoms with Crippen LogP contribution in [0.2, 0.25) is 0 Å². The number of carbonyl (C=O) groups excluding carboxylic acids is 1. The number of anilines is 1. The normalized spacial score (nSPS) is 15.9. The van der Waals surface area contributed by atoms with Gasteiger partial charge in [0.25, 0.3) is 5.91 Å². The summed E-state index contributed by atoms with van der Waals surface area (Å²) in [6, 6.07) is 14.5. The lowest BCUT2D eigenvalue weighted by molar-refractivity contribution is -0.127. The van der Waals surface area contributed by atoms with Crippen LogP contribution in [0.4, 0.5) is 5.69 Å². The minimum atomic E-state index is -0.537. The van der Waals surface area contributed by atoms with E-state index in [4.69, 9.17) is 4.74 Å². The van der Waals surface area contributed by atoms with Gasteiger partial charge in [-0.1, -0.05) is 24.3 Å². The summed E-state index contributed by atoms with van der Waals surface area (Å²) in [6.07, 6.45) is -0.537. The number of likely N-dealkylation sites (N-methyl/N-ethyl adjacent to an activating group) is 1. The monoisotopic (exact) mass is 381 g/mol. The zero-order valence-corrected chi connectivity index (χ0v) is 17.4. The Bertz CT molecular complexity index is 796. The van der Waals surface area contributed by atoms with Gasteiger partial charge in [0.15, 0.2) is 6.10 Å². The molecule has 1 saturated heterocycles. The number of benzene rings is 2. The Hall–Kier alpha value is -2.53. The quantitative estimate of drug-likeness (QED) is 0.835. The topological polar surface area (TPSA) is 44.8 Å². The Morgan fingerprint density at radius 3 is 2.43 bits per heavy atom. The van der Waals surface area contributed by atoms with Crippen LogP contribution in [0.1, 0.15) is 23.6 Å². The van der Waals surface area contributed by atoms with Crippen LogP contribution in [-0.4, -0.2) is 50.1 Å². The van der Waals surface area contributed by atoms with Crippen LogP contribution in [0, 0.1) is 13.8 Å². The molecule has 1 fully saturated rings. The van der Waals surface area contributed by atoms with Crippen molar-refractivity contribution in [1.82, 2.24) is 10.2 Å². The molecule has 0 bridgehead atoms. The van der Waals surface area contributed by atoms with Gasteiger partial charge in [0, 0.05) is 38.4 Å². The van der Waals surface area contributed by atoms with E-state index in [1.807, 2.05) is 32.0 Å². The molecule has 0 aliphatic carbocycles. The zero-order valence-electron chi connectivity index (χ0n) is 17.4. The second-order valence-electron chi connectivity index (χ2n) is 7.70. The maximum absolute atomic E-state index is 12.4. The lowest BCUT2D eigenvalue weighted by atomic mass is 10.1. The van der Waals surface area contributed by atoms with Gasteiger partial charge in [-0.25, -0.2) is 0 Å². The van der Waals surface area contributed by atoms with Crippen LogP contribution in [0.3, 0.4) is 0 Å². The van der Waals surface area contributed by atoms with Gasteiger partial charge in [0.1, 0.15) is 5.75 Å². The Kier molecular flexibility index (Phi) is 6.57. The average molecular weight is 382 g/mol. The van der Waals surface area contributed by atoms with Crippen molar-refractivity contribution in [2.75, 3.05) is 38.1 Å². The predicted molar refractivity (Wildman–Crippen MR) is 114 cm³/mol. The number of aryl methyl sites for hydroxylation is 2. The molecule has 2 aromatic carbocycles. The molecule has 28 heavy (non-hydrogen) atoms. The van der Waals surface area contributed by atoms with Crippen LogP contribution in [0.5, 0.6) is 5.75 Å². The number of nitrogens with zero attached hydrogens (tertiary/aromatic N) is 2. The van der Waals surface area contributed by atoms with E-state index in [0.29, 0.717) is 6.54 Å². The van der Waals surface area contributed by atoms with E-state index < -0.39 is 6.10 Å². The summed E-state index contributed by atoms with van der Waals surface area (Å²) in [6.45, 7) is 10.6. The molecule has 1 aliphatic heterocycles. The Labute approximate surface area is 168 Å². The highest BCUT2D eigenvalue weighted by Gasteiger charge is 2.16. The number of ether oxygens (including phenoxy) is 1. The van der Waals surface area contributed by atoms with Crippen molar-refractivity contribution in [3.05, 3.63) is 59.2 Å².